The second-order valence-electron chi connectivity index (χ2n) is 7.67. The average Bonchev–Trinajstić information content (AvgIpc) is 3.21. The van der Waals surface area contributed by atoms with E-state index in [2.05, 4.69) is 19.8 Å². The van der Waals surface area contributed by atoms with Crippen molar-refractivity contribution in [2.24, 2.45) is 0 Å². The van der Waals surface area contributed by atoms with E-state index in [1.807, 2.05) is 0 Å². The molecule has 0 unspecified atom stereocenters. The molecule has 1 aromatic carbocycles. The molecule has 152 valence electrons. The Labute approximate surface area is 164 Å². The highest BCUT2D eigenvalue weighted by Crippen LogP contribution is 2.24. The number of hydrogen-bond acceptors (Lipinski definition) is 7. The minimum absolute atomic E-state index is 0.0204. The first-order valence-electron chi connectivity index (χ1n) is 10.0. The average molecular weight is 407 g/mol. The van der Waals surface area contributed by atoms with Gasteiger partial charge in [0.15, 0.2) is 15.4 Å². The molecular formula is C19H26N4O4S. The van der Waals surface area contributed by atoms with Crippen LogP contribution < -0.4 is 0 Å². The fourth-order valence-corrected chi connectivity index (χ4v) is 5.69. The summed E-state index contributed by atoms with van der Waals surface area (Å²) in [5.74, 6) is -0.335. The molecule has 2 aliphatic rings. The third kappa shape index (κ3) is 4.05. The van der Waals surface area contributed by atoms with Gasteiger partial charge in [0.2, 0.25) is 5.91 Å². The van der Waals surface area contributed by atoms with Crippen LogP contribution in [-0.2, 0) is 14.6 Å². The zero-order chi connectivity index (χ0) is 19.6. The van der Waals surface area contributed by atoms with Crippen molar-refractivity contribution in [3.8, 4) is 0 Å². The third-order valence-electron chi connectivity index (χ3n) is 5.93. The van der Waals surface area contributed by atoms with E-state index < -0.39 is 9.84 Å². The molecule has 28 heavy (non-hydrogen) atoms. The normalized spacial score (nSPS) is 19.9. The van der Waals surface area contributed by atoms with Gasteiger partial charge in [-0.05, 0) is 35.3 Å². The fourth-order valence-electron chi connectivity index (χ4n) is 4.30. The Morgan fingerprint density at radius 1 is 1.07 bits per heavy atom. The standard InChI is InChI=1S/C19H26N4O4S/c24-18(23-12-10-22(11-13-23)15-5-2-1-3-6-15)9-14-28(25,26)17-8-4-7-16-19(17)21-27-20-16/h4,7-8,15H,1-3,5-6,9-14H2. The van der Waals surface area contributed by atoms with Crippen LogP contribution in [0.15, 0.2) is 27.7 Å². The Bertz CT molecular complexity index is 928. The summed E-state index contributed by atoms with van der Waals surface area (Å²) in [6.45, 7) is 3.12. The second kappa shape index (κ2) is 8.16. The highest BCUT2D eigenvalue weighted by Gasteiger charge is 2.28. The van der Waals surface area contributed by atoms with Crippen LogP contribution in [0.2, 0.25) is 0 Å². The number of carbonyl (C=O) groups excluding carboxylic acids is 1. The van der Waals surface area contributed by atoms with Gasteiger partial charge in [0.05, 0.1) is 10.6 Å². The van der Waals surface area contributed by atoms with Crippen molar-refractivity contribution < 1.29 is 17.8 Å². The van der Waals surface area contributed by atoms with Crippen LogP contribution in [0.4, 0.5) is 0 Å². The van der Waals surface area contributed by atoms with Crippen molar-refractivity contribution in [3.05, 3.63) is 18.2 Å². The van der Waals surface area contributed by atoms with Crippen LogP contribution in [0.5, 0.6) is 0 Å². The van der Waals surface area contributed by atoms with Crippen molar-refractivity contribution in [1.29, 1.82) is 0 Å². The van der Waals surface area contributed by atoms with Gasteiger partial charge >= 0.3 is 0 Å². The summed E-state index contributed by atoms with van der Waals surface area (Å²) in [7, 11) is -3.64. The number of fused-ring (bicyclic) bond motifs is 1. The molecule has 1 aromatic heterocycles. The summed E-state index contributed by atoms with van der Waals surface area (Å²) < 4.78 is 30.0. The molecule has 8 nitrogen and oxygen atoms in total. The molecule has 0 spiro atoms. The lowest BCUT2D eigenvalue weighted by molar-refractivity contribution is -0.132. The number of benzene rings is 1. The number of piperazine rings is 1. The van der Waals surface area contributed by atoms with Gasteiger partial charge in [-0.3, -0.25) is 9.69 Å². The molecule has 0 bridgehead atoms. The van der Waals surface area contributed by atoms with E-state index in [9.17, 15) is 13.2 Å². The van der Waals surface area contributed by atoms with Crippen LogP contribution in [0.3, 0.4) is 0 Å². The van der Waals surface area contributed by atoms with Crippen molar-refractivity contribution >= 4 is 26.8 Å². The van der Waals surface area contributed by atoms with Gasteiger partial charge in [0, 0.05) is 38.6 Å². The Morgan fingerprint density at radius 2 is 1.82 bits per heavy atom. The first-order chi connectivity index (χ1) is 13.5. The maximum Gasteiger partial charge on any atom is 0.223 e. The van der Waals surface area contributed by atoms with Crippen LogP contribution in [-0.4, -0.2) is 72.4 Å². The van der Waals surface area contributed by atoms with Crippen molar-refractivity contribution in [1.82, 2.24) is 20.1 Å². The van der Waals surface area contributed by atoms with Crippen LogP contribution >= 0.6 is 0 Å². The lowest BCUT2D eigenvalue weighted by Crippen LogP contribution is -2.52. The number of sulfone groups is 1. The highest BCUT2D eigenvalue weighted by atomic mass is 32.2. The highest BCUT2D eigenvalue weighted by molar-refractivity contribution is 7.91. The maximum atomic E-state index is 12.7. The molecule has 1 amide bonds. The Balaban J connectivity index is 1.32. The predicted octanol–water partition coefficient (Wildman–Crippen LogP) is 1.86. The van der Waals surface area contributed by atoms with E-state index in [4.69, 9.17) is 0 Å². The third-order valence-corrected chi connectivity index (χ3v) is 7.67. The molecule has 0 N–H and O–H groups in total. The van der Waals surface area contributed by atoms with Crippen molar-refractivity contribution in [2.75, 3.05) is 31.9 Å². The molecule has 0 atom stereocenters. The Hall–Kier alpha value is -2.00. The van der Waals surface area contributed by atoms with Gasteiger partial charge < -0.3 is 4.90 Å². The number of aromatic nitrogens is 2. The Kier molecular flexibility index (Phi) is 5.63. The molecule has 2 heterocycles. The molecular weight excluding hydrogens is 380 g/mol. The van der Waals surface area contributed by atoms with Crippen molar-refractivity contribution in [2.45, 2.75) is 49.5 Å². The summed E-state index contributed by atoms with van der Waals surface area (Å²) in [6.07, 6.45) is 6.43. The largest absolute Gasteiger partial charge is 0.340 e. The van der Waals surface area contributed by atoms with Gasteiger partial charge in [0.1, 0.15) is 5.52 Å². The summed E-state index contributed by atoms with van der Waals surface area (Å²) in [4.78, 5) is 16.9. The van der Waals surface area contributed by atoms with Gasteiger partial charge in [-0.1, -0.05) is 25.3 Å². The molecule has 1 saturated carbocycles. The molecule has 1 aliphatic heterocycles. The summed E-state index contributed by atoms with van der Waals surface area (Å²) in [5, 5.41) is 7.37. The van der Waals surface area contributed by atoms with E-state index in [0.29, 0.717) is 24.6 Å². The minimum atomic E-state index is -3.64. The van der Waals surface area contributed by atoms with Crippen LogP contribution in [0, 0.1) is 0 Å². The molecule has 1 saturated heterocycles. The minimum Gasteiger partial charge on any atom is -0.340 e. The number of nitrogens with zero attached hydrogens (tertiary/aromatic N) is 4. The first-order valence-corrected chi connectivity index (χ1v) is 11.7. The quantitative estimate of drug-likeness (QED) is 0.748. The zero-order valence-corrected chi connectivity index (χ0v) is 16.7. The van der Waals surface area contributed by atoms with E-state index in [1.165, 1.54) is 38.2 Å². The number of hydrogen-bond donors (Lipinski definition) is 0. The van der Waals surface area contributed by atoms with E-state index in [-0.39, 0.29) is 28.5 Å². The Morgan fingerprint density at radius 3 is 2.57 bits per heavy atom. The molecule has 0 radical (unpaired) electrons. The molecule has 2 aromatic rings. The number of carbonyl (C=O) groups is 1. The lowest BCUT2D eigenvalue weighted by atomic mass is 9.94. The van der Waals surface area contributed by atoms with Gasteiger partial charge in [-0.2, -0.15) is 0 Å². The van der Waals surface area contributed by atoms with E-state index >= 15 is 0 Å². The number of rotatable bonds is 5. The molecule has 9 heteroatoms. The maximum absolute atomic E-state index is 12.7. The summed E-state index contributed by atoms with van der Waals surface area (Å²) in [5.41, 5.74) is 0.613. The molecule has 4 rings (SSSR count). The zero-order valence-electron chi connectivity index (χ0n) is 15.9. The summed E-state index contributed by atoms with van der Waals surface area (Å²) >= 11 is 0. The van der Waals surface area contributed by atoms with Crippen LogP contribution in [0.1, 0.15) is 38.5 Å². The van der Waals surface area contributed by atoms with Crippen LogP contribution in [0.25, 0.3) is 11.0 Å². The fraction of sp³-hybridized carbons (Fsp3) is 0.632. The SMILES string of the molecule is O=C(CCS(=O)(=O)c1cccc2nonc12)N1CCN(C2CCCCC2)CC1. The van der Waals surface area contributed by atoms with Gasteiger partial charge in [0.25, 0.3) is 0 Å². The monoisotopic (exact) mass is 406 g/mol. The van der Waals surface area contributed by atoms with Crippen molar-refractivity contribution in [3.63, 3.8) is 0 Å². The lowest BCUT2D eigenvalue weighted by Gasteiger charge is -2.40. The molecule has 2 fully saturated rings. The van der Waals surface area contributed by atoms with E-state index in [1.54, 1.807) is 17.0 Å². The first kappa shape index (κ1) is 19.3. The summed E-state index contributed by atoms with van der Waals surface area (Å²) in [6, 6.07) is 5.38. The smallest absolute Gasteiger partial charge is 0.223 e. The molecule has 1 aliphatic carbocycles. The van der Waals surface area contributed by atoms with Gasteiger partial charge in [-0.15, -0.1) is 0 Å². The van der Waals surface area contributed by atoms with E-state index in [0.717, 1.165) is 13.1 Å². The van der Waals surface area contributed by atoms with Gasteiger partial charge in [-0.25, -0.2) is 13.0 Å². The second-order valence-corrected chi connectivity index (χ2v) is 9.74. The number of amides is 1. The topological polar surface area (TPSA) is 96.6 Å². The predicted molar refractivity (Wildman–Crippen MR) is 103 cm³/mol.